The molecule has 0 radical (unpaired) electrons. The van der Waals surface area contributed by atoms with Gasteiger partial charge in [-0.25, -0.2) is 0 Å². The van der Waals surface area contributed by atoms with Crippen molar-refractivity contribution in [3.63, 3.8) is 0 Å². The van der Waals surface area contributed by atoms with Crippen molar-refractivity contribution in [1.82, 2.24) is 0 Å². The number of ether oxygens (including phenoxy) is 1. The van der Waals surface area contributed by atoms with Crippen LogP contribution in [-0.4, -0.2) is 31.9 Å². The third-order valence-corrected chi connectivity index (χ3v) is 21.1. The lowest BCUT2D eigenvalue weighted by Crippen LogP contribution is -2.68. The highest BCUT2D eigenvalue weighted by atomic mass is 28.4. The molecule has 3 nitrogen and oxygen atoms in total. The van der Waals surface area contributed by atoms with E-state index in [2.05, 4.69) is 116 Å². The Bertz CT molecular complexity index is 1360. The van der Waals surface area contributed by atoms with Gasteiger partial charge in [-0.3, -0.25) is 0 Å². The fourth-order valence-corrected chi connectivity index (χ4v) is 18.0. The predicted molar refractivity (Wildman–Crippen MR) is 205 cm³/mol. The van der Waals surface area contributed by atoms with E-state index in [1.165, 1.54) is 68.2 Å². The Balaban J connectivity index is 1.08. The molecular formula is C45H68O3Si. The SMILES string of the molecule is CC(C)[C@H]1CC(O)O[C@H]([C@@H](C)[C@H]2CC[C@H]3[C@@H]4CC[C@H]5C[C@@H](O[Si](c6ccccc6)(c6ccccc6)C(C)(C)C)CC[C@]5(C)[C@H]4CC[C@]23C)C1. The second-order valence-electron chi connectivity index (χ2n) is 19.5. The van der Waals surface area contributed by atoms with Crippen molar-refractivity contribution in [2.24, 2.45) is 58.2 Å². The summed E-state index contributed by atoms with van der Waals surface area (Å²) >= 11 is 0. The lowest BCUT2D eigenvalue weighted by Gasteiger charge is -2.62. The van der Waals surface area contributed by atoms with E-state index in [0.717, 1.165) is 36.5 Å². The van der Waals surface area contributed by atoms with Crippen molar-refractivity contribution >= 4 is 18.7 Å². The van der Waals surface area contributed by atoms with Crippen molar-refractivity contribution in [2.75, 3.05) is 0 Å². The number of fused-ring (bicyclic) bond motifs is 5. The van der Waals surface area contributed by atoms with Crippen molar-refractivity contribution in [3.05, 3.63) is 60.7 Å². The fourth-order valence-electron chi connectivity index (χ4n) is 13.3. The van der Waals surface area contributed by atoms with E-state index < -0.39 is 14.6 Å². The van der Waals surface area contributed by atoms with Gasteiger partial charge in [0.05, 0.1) is 6.10 Å². The zero-order valence-electron chi connectivity index (χ0n) is 32.2. The number of rotatable bonds is 7. The van der Waals surface area contributed by atoms with E-state index in [9.17, 15) is 5.11 Å². The molecule has 1 unspecified atom stereocenters. The summed E-state index contributed by atoms with van der Waals surface area (Å²) in [5.74, 6) is 5.73. The maximum Gasteiger partial charge on any atom is 0.261 e. The number of benzene rings is 2. The largest absolute Gasteiger partial charge is 0.404 e. The van der Waals surface area contributed by atoms with Gasteiger partial charge in [-0.15, -0.1) is 0 Å². The van der Waals surface area contributed by atoms with Crippen LogP contribution in [0.25, 0.3) is 0 Å². The molecule has 1 N–H and O–H groups in total. The minimum absolute atomic E-state index is 0.0224. The van der Waals surface area contributed by atoms with Crippen LogP contribution >= 0.6 is 0 Å². The van der Waals surface area contributed by atoms with Crippen molar-refractivity contribution in [3.8, 4) is 0 Å². The Morgan fingerprint density at radius 3 is 1.98 bits per heavy atom. The first-order valence-corrected chi connectivity index (χ1v) is 22.3. The number of hydrogen-bond acceptors (Lipinski definition) is 3. The molecule has 4 heteroatoms. The summed E-state index contributed by atoms with van der Waals surface area (Å²) in [5, 5.41) is 13.5. The van der Waals surface area contributed by atoms with Gasteiger partial charge < -0.3 is 14.3 Å². The highest BCUT2D eigenvalue weighted by Gasteiger charge is 2.62. The van der Waals surface area contributed by atoms with Crippen LogP contribution in [0.15, 0.2) is 60.7 Å². The van der Waals surface area contributed by atoms with Crippen LogP contribution in [0.4, 0.5) is 0 Å². The summed E-state index contributed by atoms with van der Waals surface area (Å²) in [6.45, 7) is 19.8. The Morgan fingerprint density at radius 1 is 0.755 bits per heavy atom. The molecule has 4 saturated carbocycles. The third-order valence-electron chi connectivity index (χ3n) is 16.0. The van der Waals surface area contributed by atoms with E-state index in [1.54, 1.807) is 0 Å². The molecular weight excluding hydrogens is 617 g/mol. The van der Waals surface area contributed by atoms with E-state index >= 15 is 0 Å². The first-order chi connectivity index (χ1) is 23.3. The van der Waals surface area contributed by atoms with Gasteiger partial charge in [-0.1, -0.05) is 116 Å². The van der Waals surface area contributed by atoms with Gasteiger partial charge in [0.1, 0.15) is 0 Å². The zero-order chi connectivity index (χ0) is 34.8. The number of hydrogen-bond donors (Lipinski definition) is 1. The summed E-state index contributed by atoms with van der Waals surface area (Å²) in [6, 6.07) is 22.6. The molecule has 270 valence electrons. The summed E-state index contributed by atoms with van der Waals surface area (Å²) in [5.41, 5.74) is 0.840. The molecule has 49 heavy (non-hydrogen) atoms. The predicted octanol–water partition coefficient (Wildman–Crippen LogP) is 10.00. The number of aliphatic hydroxyl groups is 1. The van der Waals surface area contributed by atoms with Gasteiger partial charge >= 0.3 is 0 Å². The number of aliphatic hydroxyl groups excluding tert-OH is 1. The van der Waals surface area contributed by atoms with Gasteiger partial charge in [-0.05, 0) is 138 Å². The second kappa shape index (κ2) is 13.5. The summed E-state index contributed by atoms with van der Waals surface area (Å²) in [4.78, 5) is 0. The molecule has 2 aromatic rings. The molecule has 5 aliphatic rings. The molecule has 7 rings (SSSR count). The maximum absolute atomic E-state index is 10.7. The zero-order valence-corrected chi connectivity index (χ0v) is 33.2. The smallest absolute Gasteiger partial charge is 0.261 e. The summed E-state index contributed by atoms with van der Waals surface area (Å²) < 4.78 is 14.1. The van der Waals surface area contributed by atoms with Crippen LogP contribution in [0, 0.1) is 58.2 Å². The van der Waals surface area contributed by atoms with Crippen LogP contribution in [0.3, 0.4) is 0 Å². The molecule has 2 aromatic carbocycles. The minimum atomic E-state index is -2.55. The molecule has 0 spiro atoms. The lowest BCUT2D eigenvalue weighted by atomic mass is 9.44. The van der Waals surface area contributed by atoms with E-state index in [-0.39, 0.29) is 11.1 Å². The molecule has 5 fully saturated rings. The molecule has 12 atom stereocenters. The Kier molecular flexibility index (Phi) is 9.90. The van der Waals surface area contributed by atoms with Gasteiger partial charge in [0.15, 0.2) is 6.29 Å². The van der Waals surface area contributed by atoms with Crippen LogP contribution < -0.4 is 10.4 Å². The molecule has 0 bridgehead atoms. The van der Waals surface area contributed by atoms with Crippen LogP contribution in [0.1, 0.15) is 126 Å². The van der Waals surface area contributed by atoms with Crippen molar-refractivity contribution in [1.29, 1.82) is 0 Å². The third kappa shape index (κ3) is 6.15. The van der Waals surface area contributed by atoms with E-state index in [0.29, 0.717) is 40.6 Å². The highest BCUT2D eigenvalue weighted by molar-refractivity contribution is 6.99. The standard InChI is InChI=1S/C45H68O3Si/c1-30(2)32-27-41(47-42(46)28-32)31(3)38-21-22-39-37-20-19-33-29-34(23-25-44(33,7)40(37)24-26-45(38,39)8)48-49(43(4,5)6,35-15-11-9-12-16-35)36-17-13-10-14-18-36/h9-18,30-34,37-42,46H,19-29H2,1-8H3/t31-,32+,33-,34-,37-,38+,39-,40-,41-,42?,44-,45+/m0/s1. The summed E-state index contributed by atoms with van der Waals surface area (Å²) in [6.07, 6.45) is 13.9. The second-order valence-corrected chi connectivity index (χ2v) is 23.8. The monoisotopic (exact) mass is 684 g/mol. The topological polar surface area (TPSA) is 38.7 Å². The maximum atomic E-state index is 10.7. The van der Waals surface area contributed by atoms with Crippen LogP contribution in [-0.2, 0) is 9.16 Å². The molecule has 0 aromatic heterocycles. The lowest BCUT2D eigenvalue weighted by molar-refractivity contribution is -0.205. The molecule has 4 aliphatic carbocycles. The molecule has 1 aliphatic heterocycles. The normalized spacial score (nSPS) is 40.3. The molecule has 0 amide bonds. The quantitative estimate of drug-likeness (QED) is 0.295. The van der Waals surface area contributed by atoms with Gasteiger partial charge in [-0.2, -0.15) is 0 Å². The first kappa shape index (κ1) is 35.9. The Labute approximate surface area is 300 Å². The van der Waals surface area contributed by atoms with E-state index in [1.807, 2.05) is 0 Å². The van der Waals surface area contributed by atoms with E-state index in [4.69, 9.17) is 9.16 Å². The highest BCUT2D eigenvalue weighted by Crippen LogP contribution is 2.69. The Hall–Kier alpha value is -1.46. The van der Waals surface area contributed by atoms with Crippen molar-refractivity contribution in [2.45, 2.75) is 150 Å². The average molecular weight is 685 g/mol. The molecule has 1 heterocycles. The van der Waals surface area contributed by atoms with Crippen LogP contribution in [0.2, 0.25) is 5.04 Å². The van der Waals surface area contributed by atoms with Crippen molar-refractivity contribution < 1.29 is 14.3 Å². The minimum Gasteiger partial charge on any atom is -0.404 e. The molecule has 1 saturated heterocycles. The Morgan fingerprint density at radius 2 is 1.37 bits per heavy atom. The fraction of sp³-hybridized carbons (Fsp3) is 0.733. The average Bonchev–Trinajstić information content (AvgIpc) is 3.44. The van der Waals surface area contributed by atoms with Gasteiger partial charge in [0, 0.05) is 12.5 Å². The van der Waals surface area contributed by atoms with Crippen LogP contribution in [0.5, 0.6) is 0 Å². The summed E-state index contributed by atoms with van der Waals surface area (Å²) in [7, 11) is -2.55. The van der Waals surface area contributed by atoms with Gasteiger partial charge in [0.2, 0.25) is 0 Å². The first-order valence-electron chi connectivity index (χ1n) is 20.4. The van der Waals surface area contributed by atoms with Gasteiger partial charge in [0.25, 0.3) is 8.32 Å².